The lowest BCUT2D eigenvalue weighted by Gasteiger charge is -2.12. The van der Waals surface area contributed by atoms with E-state index in [4.69, 9.17) is 11.6 Å². The van der Waals surface area contributed by atoms with Crippen molar-refractivity contribution in [3.05, 3.63) is 41.1 Å². The molecule has 0 unspecified atom stereocenters. The maximum atomic E-state index is 12.0. The Morgan fingerprint density at radius 2 is 1.95 bits per heavy atom. The summed E-state index contributed by atoms with van der Waals surface area (Å²) in [5, 5.41) is 3.31. The van der Waals surface area contributed by atoms with Gasteiger partial charge in [-0.25, -0.2) is 4.79 Å². The third-order valence-corrected chi connectivity index (χ3v) is 2.75. The van der Waals surface area contributed by atoms with E-state index in [9.17, 15) is 14.4 Å². The van der Waals surface area contributed by atoms with Crippen molar-refractivity contribution in [3.63, 3.8) is 0 Å². The topological polar surface area (TPSA) is 75.7 Å². The van der Waals surface area contributed by atoms with Crippen molar-refractivity contribution in [2.75, 3.05) is 11.9 Å². The molecule has 0 saturated carbocycles. The molecule has 0 saturated heterocycles. The van der Waals surface area contributed by atoms with Gasteiger partial charge < -0.3 is 10.1 Å². The van der Waals surface area contributed by atoms with Gasteiger partial charge in [0, 0.05) is 16.8 Å². The average molecular weight is 295 g/mol. The normalized spacial score (nSPS) is 14.3. The molecular weight excluding hydrogens is 284 g/mol. The monoisotopic (exact) mass is 294 g/mol. The zero-order valence-corrected chi connectivity index (χ0v) is 11.3. The summed E-state index contributed by atoms with van der Waals surface area (Å²) in [5.74, 6) is -1.48. The van der Waals surface area contributed by atoms with E-state index in [1.165, 1.54) is 0 Å². The van der Waals surface area contributed by atoms with Crippen LogP contribution in [0, 0.1) is 0 Å². The zero-order chi connectivity index (χ0) is 14.7. The molecule has 1 aromatic rings. The van der Waals surface area contributed by atoms with Gasteiger partial charge >= 0.3 is 6.09 Å². The quantitative estimate of drug-likeness (QED) is 0.865. The molecule has 0 radical (unpaired) electrons. The van der Waals surface area contributed by atoms with E-state index in [0.717, 1.165) is 6.08 Å². The number of rotatable bonds is 3. The highest BCUT2D eigenvalue weighted by atomic mass is 35.5. The Hall–Kier alpha value is -2.34. The minimum Gasteiger partial charge on any atom is -0.449 e. The second kappa shape index (κ2) is 5.75. The second-order valence-corrected chi connectivity index (χ2v) is 4.30. The maximum absolute atomic E-state index is 12.0. The van der Waals surface area contributed by atoms with Gasteiger partial charge in [-0.05, 0) is 31.2 Å². The molecule has 1 N–H and O–H groups in total. The van der Waals surface area contributed by atoms with E-state index in [1.54, 1.807) is 31.2 Å². The Balaban J connectivity index is 2.13. The molecule has 104 valence electrons. The first kappa shape index (κ1) is 14.1. The summed E-state index contributed by atoms with van der Waals surface area (Å²) in [6, 6.07) is 6.56. The third-order valence-electron chi connectivity index (χ3n) is 2.50. The number of anilines is 1. The highest BCUT2D eigenvalue weighted by molar-refractivity contribution is 6.30. The lowest BCUT2D eigenvalue weighted by Crippen LogP contribution is -2.38. The minimum absolute atomic E-state index is 0.00498. The van der Waals surface area contributed by atoms with Crippen LogP contribution in [0.5, 0.6) is 0 Å². The number of hydrogen-bond donors (Lipinski definition) is 1. The van der Waals surface area contributed by atoms with Crippen molar-refractivity contribution in [2.45, 2.75) is 6.92 Å². The number of benzene rings is 1. The minimum atomic E-state index is -0.980. The summed E-state index contributed by atoms with van der Waals surface area (Å²) < 4.78 is 4.65. The van der Waals surface area contributed by atoms with Crippen LogP contribution in [0.15, 0.2) is 36.0 Å². The van der Waals surface area contributed by atoms with E-state index in [-0.39, 0.29) is 12.3 Å². The third kappa shape index (κ3) is 2.80. The fourth-order valence-electron chi connectivity index (χ4n) is 1.61. The van der Waals surface area contributed by atoms with Crippen LogP contribution in [0.4, 0.5) is 10.5 Å². The second-order valence-electron chi connectivity index (χ2n) is 3.87. The molecular formula is C13H11ClN2O4. The van der Waals surface area contributed by atoms with Crippen LogP contribution in [0.2, 0.25) is 5.02 Å². The largest absolute Gasteiger partial charge is 0.449 e. The molecule has 1 aliphatic heterocycles. The van der Waals surface area contributed by atoms with Gasteiger partial charge in [0.15, 0.2) is 0 Å². The van der Waals surface area contributed by atoms with E-state index in [1.807, 2.05) is 0 Å². The van der Waals surface area contributed by atoms with Crippen molar-refractivity contribution >= 4 is 35.2 Å². The van der Waals surface area contributed by atoms with Gasteiger partial charge in [-0.3, -0.25) is 9.59 Å². The number of nitrogens with one attached hydrogen (secondary N) is 1. The number of amides is 3. The van der Waals surface area contributed by atoms with Gasteiger partial charge in [0.05, 0.1) is 6.61 Å². The molecule has 20 heavy (non-hydrogen) atoms. The molecule has 0 fully saturated rings. The molecule has 0 aromatic heterocycles. The lowest BCUT2D eigenvalue weighted by molar-refractivity contribution is -0.134. The molecule has 0 atom stereocenters. The number of nitrogens with zero attached hydrogens (tertiary/aromatic N) is 1. The van der Waals surface area contributed by atoms with Crippen LogP contribution in [0.3, 0.4) is 0 Å². The summed E-state index contributed by atoms with van der Waals surface area (Å²) in [7, 11) is 0. The number of carbonyl (C=O) groups excluding carboxylic acids is 3. The van der Waals surface area contributed by atoms with E-state index < -0.39 is 17.9 Å². The standard InChI is InChI=1S/C13H11ClN2O4/c1-2-20-13(19)16-11(17)7-10(12(16)18)15-9-5-3-8(14)4-6-9/h3-7,15H,2H2,1H3. The molecule has 0 spiro atoms. The molecule has 0 bridgehead atoms. The van der Waals surface area contributed by atoms with Crippen molar-refractivity contribution in [1.82, 2.24) is 4.90 Å². The Bertz CT molecular complexity index is 595. The van der Waals surface area contributed by atoms with Crippen LogP contribution in [0.1, 0.15) is 6.92 Å². The Morgan fingerprint density at radius 1 is 1.30 bits per heavy atom. The predicted octanol–water partition coefficient (Wildman–Crippen LogP) is 2.16. The van der Waals surface area contributed by atoms with Gasteiger partial charge in [0.25, 0.3) is 11.8 Å². The smallest absolute Gasteiger partial charge is 0.424 e. The average Bonchev–Trinajstić information content (AvgIpc) is 2.67. The van der Waals surface area contributed by atoms with Crippen molar-refractivity contribution < 1.29 is 19.1 Å². The lowest BCUT2D eigenvalue weighted by atomic mass is 10.3. The fourth-order valence-corrected chi connectivity index (χ4v) is 1.74. The van der Waals surface area contributed by atoms with Crippen LogP contribution in [-0.2, 0) is 14.3 Å². The van der Waals surface area contributed by atoms with Gasteiger partial charge in [-0.15, -0.1) is 0 Å². The molecule has 1 aliphatic rings. The van der Waals surface area contributed by atoms with E-state index in [2.05, 4.69) is 10.1 Å². The summed E-state index contributed by atoms with van der Waals surface area (Å²) in [6.07, 6.45) is 0.0695. The van der Waals surface area contributed by atoms with Crippen LogP contribution in [-0.4, -0.2) is 29.4 Å². The molecule has 0 aliphatic carbocycles. The Morgan fingerprint density at radius 3 is 2.55 bits per heavy atom. The van der Waals surface area contributed by atoms with Crippen molar-refractivity contribution in [3.8, 4) is 0 Å². The van der Waals surface area contributed by atoms with Gasteiger partial charge in [-0.2, -0.15) is 4.90 Å². The Labute approximate surface area is 120 Å². The summed E-state index contributed by atoms with van der Waals surface area (Å²) >= 11 is 5.75. The van der Waals surface area contributed by atoms with E-state index in [0.29, 0.717) is 15.6 Å². The number of hydrogen-bond acceptors (Lipinski definition) is 5. The number of halogens is 1. The zero-order valence-electron chi connectivity index (χ0n) is 10.6. The molecule has 6 nitrogen and oxygen atoms in total. The molecule has 7 heteroatoms. The number of imide groups is 3. The maximum Gasteiger partial charge on any atom is 0.424 e. The number of carbonyl (C=O) groups is 3. The highest BCUT2D eigenvalue weighted by Crippen LogP contribution is 2.19. The molecule has 1 heterocycles. The van der Waals surface area contributed by atoms with Crippen molar-refractivity contribution in [2.24, 2.45) is 0 Å². The van der Waals surface area contributed by atoms with E-state index >= 15 is 0 Å². The van der Waals surface area contributed by atoms with Gasteiger partial charge in [0.2, 0.25) is 0 Å². The first-order chi connectivity index (χ1) is 9.52. The fraction of sp³-hybridized carbons (Fsp3) is 0.154. The first-order valence-electron chi connectivity index (χ1n) is 5.82. The summed E-state index contributed by atoms with van der Waals surface area (Å²) in [6.45, 7) is 1.67. The first-order valence-corrected chi connectivity index (χ1v) is 6.20. The molecule has 1 aromatic carbocycles. The van der Waals surface area contributed by atoms with Crippen LogP contribution in [0.25, 0.3) is 0 Å². The van der Waals surface area contributed by atoms with Gasteiger partial charge in [-0.1, -0.05) is 11.6 Å². The number of ether oxygens (including phenoxy) is 1. The predicted molar refractivity (Wildman–Crippen MR) is 72.0 cm³/mol. The summed E-state index contributed by atoms with van der Waals surface area (Å²) in [4.78, 5) is 35.5. The SMILES string of the molecule is CCOC(=O)N1C(=O)C=C(Nc2ccc(Cl)cc2)C1=O. The van der Waals surface area contributed by atoms with Crippen molar-refractivity contribution in [1.29, 1.82) is 0 Å². The van der Waals surface area contributed by atoms with Crippen LogP contribution >= 0.6 is 11.6 Å². The molecule has 2 rings (SSSR count). The highest BCUT2D eigenvalue weighted by Gasteiger charge is 2.37. The Kier molecular flexibility index (Phi) is 4.05. The van der Waals surface area contributed by atoms with Gasteiger partial charge in [0.1, 0.15) is 5.70 Å². The van der Waals surface area contributed by atoms with Crippen LogP contribution < -0.4 is 5.32 Å². The summed E-state index contributed by atoms with van der Waals surface area (Å²) in [5.41, 5.74) is 0.581. The molecule has 3 amide bonds.